The van der Waals surface area contributed by atoms with Gasteiger partial charge in [0.1, 0.15) is 29.5 Å². The molecule has 2 N–H and O–H groups in total. The number of ether oxygens (including phenoxy) is 2. The third-order valence-electron chi connectivity index (χ3n) is 4.99. The topological polar surface area (TPSA) is 120 Å². The van der Waals surface area contributed by atoms with Crippen molar-refractivity contribution in [2.75, 3.05) is 30.5 Å². The van der Waals surface area contributed by atoms with E-state index in [1.807, 2.05) is 0 Å². The molecular formula is C23H21ClN4O5S. The Labute approximate surface area is 201 Å². The highest BCUT2D eigenvalue weighted by Crippen LogP contribution is 2.35. The molecular weight excluding hydrogens is 480 g/mol. The Kier molecular flexibility index (Phi) is 6.71. The second-order valence-electron chi connectivity index (χ2n) is 7.44. The number of nitrogens with one attached hydrogen (secondary N) is 2. The van der Waals surface area contributed by atoms with Gasteiger partial charge in [-0.05, 0) is 48.9 Å². The first-order valence-electron chi connectivity index (χ1n) is 10.2. The van der Waals surface area contributed by atoms with Gasteiger partial charge in [0.15, 0.2) is 9.84 Å². The molecule has 2 aromatic carbocycles. The lowest BCUT2D eigenvalue weighted by Gasteiger charge is -2.13. The van der Waals surface area contributed by atoms with Crippen molar-refractivity contribution in [3.05, 3.63) is 65.0 Å². The van der Waals surface area contributed by atoms with Gasteiger partial charge in [0.05, 0.1) is 22.6 Å². The molecule has 0 saturated heterocycles. The van der Waals surface area contributed by atoms with Crippen molar-refractivity contribution in [1.82, 2.24) is 9.97 Å². The highest BCUT2D eigenvalue weighted by atomic mass is 35.5. The molecule has 0 saturated carbocycles. The summed E-state index contributed by atoms with van der Waals surface area (Å²) in [5.74, 6) is 1.36. The molecule has 34 heavy (non-hydrogen) atoms. The van der Waals surface area contributed by atoms with Crippen LogP contribution >= 0.6 is 11.6 Å². The molecule has 11 heteroatoms. The van der Waals surface area contributed by atoms with Crippen LogP contribution in [0.5, 0.6) is 11.5 Å². The summed E-state index contributed by atoms with van der Waals surface area (Å²) in [7, 11) is -2.02. The second kappa shape index (κ2) is 9.70. The lowest BCUT2D eigenvalue weighted by Crippen LogP contribution is -2.08. The average molecular weight is 501 g/mol. The molecule has 176 valence electrons. The van der Waals surface area contributed by atoms with Gasteiger partial charge in [0.25, 0.3) is 0 Å². The highest BCUT2D eigenvalue weighted by Gasteiger charge is 2.19. The third-order valence-corrected chi connectivity index (χ3v) is 6.40. The Morgan fingerprint density at radius 3 is 2.74 bits per heavy atom. The van der Waals surface area contributed by atoms with Gasteiger partial charge < -0.3 is 20.1 Å². The first-order chi connectivity index (χ1) is 16.2. The molecule has 0 spiro atoms. The van der Waals surface area contributed by atoms with Crippen molar-refractivity contribution in [3.8, 4) is 11.5 Å². The number of fused-ring (bicyclic) bond motifs is 1. The number of benzene rings is 2. The fraction of sp³-hybridized carbons (Fsp3) is 0.174. The molecule has 0 unspecified atom stereocenters. The smallest absolute Gasteiger partial charge is 0.333 e. The quantitative estimate of drug-likeness (QED) is 0.473. The number of anilines is 3. The van der Waals surface area contributed by atoms with Gasteiger partial charge >= 0.3 is 5.97 Å². The number of halogens is 1. The molecule has 9 nitrogen and oxygen atoms in total. The number of methoxy groups -OCH3 is 1. The van der Waals surface area contributed by atoms with E-state index in [9.17, 15) is 13.2 Å². The van der Waals surface area contributed by atoms with E-state index >= 15 is 0 Å². The summed E-state index contributed by atoms with van der Waals surface area (Å²) in [5, 5.41) is 6.68. The van der Waals surface area contributed by atoms with Crippen LogP contribution < -0.4 is 15.4 Å². The molecule has 1 aliphatic rings. The number of sulfone groups is 1. The summed E-state index contributed by atoms with van der Waals surface area (Å²) in [6.07, 6.45) is 4.74. The Balaban J connectivity index is 1.59. The minimum atomic E-state index is -3.36. The monoisotopic (exact) mass is 500 g/mol. The van der Waals surface area contributed by atoms with Gasteiger partial charge in [-0.15, -0.1) is 0 Å². The average Bonchev–Trinajstić information content (AvgIpc) is 3.03. The van der Waals surface area contributed by atoms with Crippen molar-refractivity contribution in [1.29, 1.82) is 0 Å². The maximum atomic E-state index is 12.1. The number of hydrogen-bond donors (Lipinski definition) is 2. The third kappa shape index (κ3) is 5.29. The van der Waals surface area contributed by atoms with E-state index < -0.39 is 15.8 Å². The van der Waals surface area contributed by atoms with Crippen LogP contribution in [0.1, 0.15) is 12.0 Å². The van der Waals surface area contributed by atoms with E-state index in [0.29, 0.717) is 57.9 Å². The minimum Gasteiger partial charge on any atom is -0.466 e. The Hall–Kier alpha value is -3.63. The van der Waals surface area contributed by atoms with Crippen molar-refractivity contribution >= 4 is 50.8 Å². The van der Waals surface area contributed by atoms with Gasteiger partial charge in [-0.2, -0.15) is 0 Å². The van der Waals surface area contributed by atoms with Crippen molar-refractivity contribution in [3.63, 3.8) is 0 Å². The van der Waals surface area contributed by atoms with Crippen LogP contribution in [0.15, 0.2) is 59.3 Å². The largest absolute Gasteiger partial charge is 0.466 e. The van der Waals surface area contributed by atoms with E-state index in [1.54, 1.807) is 36.4 Å². The Morgan fingerprint density at radius 2 is 2.00 bits per heavy atom. The first-order valence-corrected chi connectivity index (χ1v) is 12.4. The van der Waals surface area contributed by atoms with E-state index in [-0.39, 0.29) is 4.90 Å². The van der Waals surface area contributed by atoms with Crippen molar-refractivity contribution < 1.29 is 22.7 Å². The number of hydrogen-bond acceptors (Lipinski definition) is 9. The van der Waals surface area contributed by atoms with Crippen molar-refractivity contribution in [2.45, 2.75) is 11.3 Å². The van der Waals surface area contributed by atoms with Gasteiger partial charge in [0.2, 0.25) is 0 Å². The van der Waals surface area contributed by atoms with Crippen LogP contribution in [-0.4, -0.2) is 44.3 Å². The predicted molar refractivity (Wildman–Crippen MR) is 129 cm³/mol. The zero-order chi connectivity index (χ0) is 24.3. The summed E-state index contributed by atoms with van der Waals surface area (Å²) < 4.78 is 34.2. The molecule has 0 amide bonds. The number of carbonyl (C=O) groups is 1. The summed E-state index contributed by atoms with van der Waals surface area (Å²) in [6, 6.07) is 11.2. The summed E-state index contributed by atoms with van der Waals surface area (Å²) in [4.78, 5) is 20.8. The van der Waals surface area contributed by atoms with Crippen LogP contribution in [0.2, 0.25) is 5.02 Å². The van der Waals surface area contributed by atoms with Crippen LogP contribution in [-0.2, 0) is 19.4 Å². The van der Waals surface area contributed by atoms with E-state index in [2.05, 4.69) is 20.6 Å². The SMILES string of the molecule is COC(=O)C1=Cc2c(ncnc2Nc2ccc(Oc3cccc(S(C)(=O)=O)c3)c(Cl)c2)NCC1. The number of esters is 1. The number of nitrogens with zero attached hydrogens (tertiary/aromatic N) is 2. The number of aromatic nitrogens is 2. The maximum Gasteiger partial charge on any atom is 0.333 e. The van der Waals surface area contributed by atoms with Gasteiger partial charge in [-0.3, -0.25) is 0 Å². The molecule has 0 atom stereocenters. The molecule has 0 bridgehead atoms. The maximum absolute atomic E-state index is 12.1. The lowest BCUT2D eigenvalue weighted by atomic mass is 10.1. The van der Waals surface area contributed by atoms with Crippen LogP contribution in [0.4, 0.5) is 17.3 Å². The van der Waals surface area contributed by atoms with Crippen LogP contribution in [0.3, 0.4) is 0 Å². The summed E-state index contributed by atoms with van der Waals surface area (Å²) in [6.45, 7) is 0.531. The van der Waals surface area contributed by atoms with E-state index in [4.69, 9.17) is 21.1 Å². The molecule has 3 aromatic rings. The molecule has 4 rings (SSSR count). The normalized spacial score (nSPS) is 13.1. The fourth-order valence-corrected chi connectivity index (χ4v) is 4.20. The molecule has 0 radical (unpaired) electrons. The Bertz CT molecular complexity index is 1390. The Morgan fingerprint density at radius 1 is 1.18 bits per heavy atom. The summed E-state index contributed by atoms with van der Waals surface area (Å²) >= 11 is 6.43. The molecule has 0 fully saturated rings. The lowest BCUT2D eigenvalue weighted by molar-refractivity contribution is -0.136. The second-order valence-corrected chi connectivity index (χ2v) is 9.86. The fourth-order valence-electron chi connectivity index (χ4n) is 3.32. The first kappa shape index (κ1) is 23.5. The zero-order valence-electron chi connectivity index (χ0n) is 18.3. The van der Waals surface area contributed by atoms with Crippen LogP contribution in [0, 0.1) is 0 Å². The molecule has 0 aliphatic carbocycles. The van der Waals surface area contributed by atoms with Crippen LogP contribution in [0.25, 0.3) is 6.08 Å². The number of rotatable bonds is 6. The van der Waals surface area contributed by atoms with E-state index in [1.165, 1.54) is 25.6 Å². The predicted octanol–water partition coefficient (Wildman–Crippen LogP) is 4.44. The van der Waals surface area contributed by atoms with Gasteiger partial charge in [-0.1, -0.05) is 17.7 Å². The molecule has 1 aromatic heterocycles. The van der Waals surface area contributed by atoms with Crippen molar-refractivity contribution in [2.24, 2.45) is 0 Å². The number of carbonyl (C=O) groups excluding carboxylic acids is 1. The highest BCUT2D eigenvalue weighted by molar-refractivity contribution is 7.90. The standard InChI is InChI=1S/C23H21ClN4O5S/c1-32-23(29)14-8-9-25-21-18(10-14)22(27-13-26-21)28-15-6-7-20(19(24)11-15)33-16-4-3-5-17(12-16)34(2,30)31/h3-7,10-13H,8-9H2,1-2H3,(H2,25,26,27,28). The minimum absolute atomic E-state index is 0.150. The zero-order valence-corrected chi connectivity index (χ0v) is 19.9. The van der Waals surface area contributed by atoms with Gasteiger partial charge in [-0.25, -0.2) is 23.2 Å². The van der Waals surface area contributed by atoms with E-state index in [0.717, 1.165) is 6.26 Å². The molecule has 1 aliphatic heterocycles. The molecule has 2 heterocycles. The summed E-state index contributed by atoms with van der Waals surface area (Å²) in [5.41, 5.74) is 1.75. The van der Waals surface area contributed by atoms with Gasteiger partial charge in [0, 0.05) is 24.1 Å².